The second kappa shape index (κ2) is 7.57. The minimum Gasteiger partial charge on any atom is -0.393 e. The monoisotopic (exact) mass is 302 g/mol. The lowest BCUT2D eigenvalue weighted by Crippen LogP contribution is -2.21. The van der Waals surface area contributed by atoms with Crippen LogP contribution in [0.15, 0.2) is 34.9 Å². The highest BCUT2D eigenvalue weighted by atomic mass is 16.6. The van der Waals surface area contributed by atoms with E-state index >= 15 is 0 Å². The van der Waals surface area contributed by atoms with Crippen LogP contribution < -0.4 is 0 Å². The van der Waals surface area contributed by atoms with Crippen LogP contribution in [-0.2, 0) is 14.3 Å². The molecule has 0 spiro atoms. The zero-order chi connectivity index (χ0) is 16.1. The van der Waals surface area contributed by atoms with Gasteiger partial charge in [0, 0.05) is 0 Å². The van der Waals surface area contributed by atoms with Gasteiger partial charge in [-0.05, 0) is 59.3 Å². The molecule has 120 valence electrons. The molecule has 2 atom stereocenters. The largest absolute Gasteiger partial charge is 0.393 e. The number of rotatable bonds is 6. The van der Waals surface area contributed by atoms with E-state index < -0.39 is 0 Å². The molecule has 0 aromatic rings. The molecule has 3 nitrogen and oxygen atoms in total. The number of carbonyl (C=O) groups is 2. The van der Waals surface area contributed by atoms with Crippen molar-refractivity contribution in [1.82, 2.24) is 0 Å². The molecule has 22 heavy (non-hydrogen) atoms. The Morgan fingerprint density at radius 1 is 1.14 bits per heavy atom. The molecule has 2 rings (SSSR count). The molecule has 0 bridgehead atoms. The molecule has 1 aliphatic heterocycles. The van der Waals surface area contributed by atoms with E-state index in [1.54, 1.807) is 0 Å². The minimum atomic E-state index is -0.333. The van der Waals surface area contributed by atoms with Gasteiger partial charge in [-0.1, -0.05) is 34.9 Å². The first-order chi connectivity index (χ1) is 10.5. The molecule has 0 N–H and O–H groups in total. The van der Waals surface area contributed by atoms with Crippen LogP contribution in [0.2, 0.25) is 0 Å². The smallest absolute Gasteiger partial charge is 0.317 e. The number of hydrogen-bond donors (Lipinski definition) is 0. The van der Waals surface area contributed by atoms with Gasteiger partial charge in [0.25, 0.3) is 0 Å². The van der Waals surface area contributed by atoms with Crippen molar-refractivity contribution in [1.29, 1.82) is 0 Å². The van der Waals surface area contributed by atoms with Crippen molar-refractivity contribution in [2.75, 3.05) is 0 Å². The van der Waals surface area contributed by atoms with Gasteiger partial charge in [0.1, 0.15) is 0 Å². The second-order valence-corrected chi connectivity index (χ2v) is 6.66. The van der Waals surface area contributed by atoms with Gasteiger partial charge in [0.2, 0.25) is 0 Å². The van der Waals surface area contributed by atoms with Crippen molar-refractivity contribution in [2.24, 2.45) is 11.8 Å². The van der Waals surface area contributed by atoms with Crippen molar-refractivity contribution in [3.63, 3.8) is 0 Å². The Kier molecular flexibility index (Phi) is 5.76. The Hall–Kier alpha value is -1.64. The fourth-order valence-electron chi connectivity index (χ4n) is 3.12. The van der Waals surface area contributed by atoms with Crippen LogP contribution in [0.3, 0.4) is 0 Å². The van der Waals surface area contributed by atoms with E-state index in [0.29, 0.717) is 12.8 Å². The summed E-state index contributed by atoms with van der Waals surface area (Å²) in [6, 6.07) is 0. The highest BCUT2D eigenvalue weighted by Crippen LogP contribution is 2.37. The second-order valence-electron chi connectivity index (χ2n) is 6.66. The van der Waals surface area contributed by atoms with Crippen molar-refractivity contribution >= 4 is 11.9 Å². The summed E-state index contributed by atoms with van der Waals surface area (Å²) in [7, 11) is 0. The average molecular weight is 302 g/mol. The predicted molar refractivity (Wildman–Crippen MR) is 87.1 cm³/mol. The van der Waals surface area contributed by atoms with Gasteiger partial charge in [-0.15, -0.1) is 0 Å². The average Bonchev–Trinajstić information content (AvgIpc) is 2.73. The molecule has 0 saturated carbocycles. The number of carbonyl (C=O) groups excluding carboxylic acids is 2. The van der Waals surface area contributed by atoms with Gasteiger partial charge >= 0.3 is 11.9 Å². The Morgan fingerprint density at radius 2 is 1.86 bits per heavy atom. The maximum Gasteiger partial charge on any atom is 0.317 e. The Labute approximate surface area is 133 Å². The zero-order valence-corrected chi connectivity index (χ0v) is 13.9. The summed E-state index contributed by atoms with van der Waals surface area (Å²) in [6.07, 6.45) is 12.2. The van der Waals surface area contributed by atoms with E-state index in [-0.39, 0.29) is 23.8 Å². The third-order valence-electron chi connectivity index (χ3n) is 4.48. The molecular weight excluding hydrogens is 276 g/mol. The Morgan fingerprint density at radius 3 is 2.59 bits per heavy atom. The summed E-state index contributed by atoms with van der Waals surface area (Å²) >= 11 is 0. The molecule has 0 radical (unpaired) electrons. The van der Waals surface area contributed by atoms with Crippen LogP contribution in [0.1, 0.15) is 59.3 Å². The van der Waals surface area contributed by atoms with Crippen molar-refractivity contribution in [3.05, 3.63) is 34.9 Å². The van der Waals surface area contributed by atoms with Crippen molar-refractivity contribution < 1.29 is 14.3 Å². The van der Waals surface area contributed by atoms with Gasteiger partial charge in [-0.2, -0.15) is 0 Å². The molecule has 0 aromatic carbocycles. The Bertz CT molecular complexity index is 533. The Balaban J connectivity index is 1.78. The number of allylic oxidation sites excluding steroid dienone is 6. The van der Waals surface area contributed by atoms with Crippen LogP contribution in [0.4, 0.5) is 0 Å². The maximum absolute atomic E-state index is 11.6. The molecule has 1 aliphatic carbocycles. The summed E-state index contributed by atoms with van der Waals surface area (Å²) in [5.41, 5.74) is 4.08. The van der Waals surface area contributed by atoms with Crippen LogP contribution in [0.5, 0.6) is 0 Å². The number of cyclic esters (lactones) is 2. The fourth-order valence-corrected chi connectivity index (χ4v) is 3.12. The summed E-state index contributed by atoms with van der Waals surface area (Å²) in [4.78, 5) is 23.1. The van der Waals surface area contributed by atoms with Gasteiger partial charge in [-0.25, -0.2) is 0 Å². The lowest BCUT2D eigenvalue weighted by molar-refractivity contribution is -0.153. The van der Waals surface area contributed by atoms with Gasteiger partial charge in [0.15, 0.2) is 0 Å². The fraction of sp³-hybridized carbons (Fsp3) is 0.579. The number of esters is 2. The predicted octanol–water partition coefficient (Wildman–Crippen LogP) is 4.50. The molecule has 1 fully saturated rings. The lowest BCUT2D eigenvalue weighted by Gasteiger charge is -2.20. The first-order valence-electron chi connectivity index (χ1n) is 8.20. The quantitative estimate of drug-likeness (QED) is 0.412. The standard InChI is InChI=1S/C19H26O3/c1-13(2)6-4-7-14(3)8-5-9-15-10-11-16-17(12-15)19(21)22-18(16)20/h6,8,10,16-17H,4-5,7,9,11-12H2,1-3H3/b14-8+/t16?,17-/m0/s1. The van der Waals surface area contributed by atoms with E-state index in [1.807, 2.05) is 0 Å². The van der Waals surface area contributed by atoms with E-state index in [0.717, 1.165) is 25.7 Å². The first-order valence-corrected chi connectivity index (χ1v) is 8.20. The van der Waals surface area contributed by atoms with Crippen LogP contribution in [0.25, 0.3) is 0 Å². The van der Waals surface area contributed by atoms with Crippen molar-refractivity contribution in [2.45, 2.75) is 59.3 Å². The highest BCUT2D eigenvalue weighted by Gasteiger charge is 2.45. The molecular formula is C19H26O3. The zero-order valence-electron chi connectivity index (χ0n) is 13.9. The van der Waals surface area contributed by atoms with Crippen molar-refractivity contribution in [3.8, 4) is 0 Å². The molecule has 1 saturated heterocycles. The van der Waals surface area contributed by atoms with Crippen LogP contribution in [0, 0.1) is 11.8 Å². The number of hydrogen-bond acceptors (Lipinski definition) is 3. The SMILES string of the molecule is CC(C)=CCC/C(C)=C/CCC1=CCC2C(=O)OC(=O)[C@H]2C1. The molecule has 0 amide bonds. The highest BCUT2D eigenvalue weighted by molar-refractivity contribution is 5.96. The van der Waals surface area contributed by atoms with Gasteiger partial charge < -0.3 is 4.74 Å². The number of fused-ring (bicyclic) bond motifs is 1. The summed E-state index contributed by atoms with van der Waals surface area (Å²) in [5, 5.41) is 0. The molecule has 0 aromatic heterocycles. The first kappa shape index (κ1) is 16.7. The molecule has 1 unspecified atom stereocenters. The molecule has 1 heterocycles. The third-order valence-corrected chi connectivity index (χ3v) is 4.48. The topological polar surface area (TPSA) is 43.4 Å². The van der Waals surface area contributed by atoms with E-state index in [1.165, 1.54) is 16.7 Å². The summed E-state index contributed by atoms with van der Waals surface area (Å²) in [5.74, 6) is -1.11. The third kappa shape index (κ3) is 4.43. The normalized spacial score (nSPS) is 24.7. The maximum atomic E-state index is 11.6. The van der Waals surface area contributed by atoms with E-state index in [4.69, 9.17) is 4.74 Å². The summed E-state index contributed by atoms with van der Waals surface area (Å²) < 4.78 is 4.73. The van der Waals surface area contributed by atoms with Gasteiger partial charge in [-0.3, -0.25) is 9.59 Å². The minimum absolute atomic E-state index is 0.224. The number of ether oxygens (including phenoxy) is 1. The van der Waals surface area contributed by atoms with E-state index in [2.05, 4.69) is 39.0 Å². The van der Waals surface area contributed by atoms with Gasteiger partial charge in [0.05, 0.1) is 11.8 Å². The van der Waals surface area contributed by atoms with Crippen LogP contribution in [-0.4, -0.2) is 11.9 Å². The lowest BCUT2D eigenvalue weighted by atomic mass is 9.80. The van der Waals surface area contributed by atoms with E-state index in [9.17, 15) is 9.59 Å². The summed E-state index contributed by atoms with van der Waals surface area (Å²) in [6.45, 7) is 6.43. The molecule has 3 heteroatoms. The van der Waals surface area contributed by atoms with Crippen LogP contribution >= 0.6 is 0 Å². The molecule has 2 aliphatic rings.